The zero-order chi connectivity index (χ0) is 21.0. The highest BCUT2D eigenvalue weighted by molar-refractivity contribution is 7.91. The molecule has 1 aliphatic carbocycles. The number of para-hydroxylation sites is 1. The van der Waals surface area contributed by atoms with Crippen LogP contribution in [0.15, 0.2) is 41.7 Å². The topological polar surface area (TPSA) is 73.7 Å². The fourth-order valence-electron chi connectivity index (χ4n) is 3.81. The number of imidazole rings is 1. The first-order valence-corrected chi connectivity index (χ1v) is 12.4. The third-order valence-electron chi connectivity index (χ3n) is 5.66. The summed E-state index contributed by atoms with van der Waals surface area (Å²) in [7, 11) is -1.37. The first-order valence-electron chi connectivity index (χ1n) is 10.8. The van der Waals surface area contributed by atoms with Gasteiger partial charge in [0.15, 0.2) is 0 Å². The molecule has 2 aliphatic rings. The first-order chi connectivity index (χ1) is 14.5. The maximum Gasteiger partial charge on any atom is 0.227 e. The van der Waals surface area contributed by atoms with Crippen molar-refractivity contribution >= 4 is 9.84 Å². The summed E-state index contributed by atoms with van der Waals surface area (Å²) in [5, 5.41) is 0.203. The molecule has 0 unspecified atom stereocenters. The van der Waals surface area contributed by atoms with Gasteiger partial charge in [0.2, 0.25) is 15.0 Å². The van der Waals surface area contributed by atoms with E-state index in [1.54, 1.807) is 6.20 Å². The number of sulfone groups is 1. The summed E-state index contributed by atoms with van der Waals surface area (Å²) in [6, 6.07) is 9.74. The molecule has 1 aromatic heterocycles. The predicted molar refractivity (Wildman–Crippen MR) is 114 cm³/mol. The van der Waals surface area contributed by atoms with Crippen molar-refractivity contribution in [3.8, 4) is 5.75 Å². The number of nitrogens with zero attached hydrogens (tertiary/aromatic N) is 3. The maximum atomic E-state index is 12.9. The Hall–Kier alpha value is -1.90. The highest BCUT2D eigenvalue weighted by atomic mass is 32.2. The van der Waals surface area contributed by atoms with E-state index in [2.05, 4.69) is 9.88 Å². The average Bonchev–Trinajstić information content (AvgIpc) is 3.21. The molecule has 0 bridgehead atoms. The van der Waals surface area contributed by atoms with E-state index in [0.717, 1.165) is 50.3 Å². The molecule has 1 aromatic carbocycles. The van der Waals surface area contributed by atoms with E-state index in [1.165, 1.54) is 0 Å². The van der Waals surface area contributed by atoms with Gasteiger partial charge in [-0.3, -0.25) is 4.90 Å². The Labute approximate surface area is 178 Å². The molecule has 8 heteroatoms. The zero-order valence-corrected chi connectivity index (χ0v) is 18.4. The molecule has 30 heavy (non-hydrogen) atoms. The van der Waals surface area contributed by atoms with E-state index in [9.17, 15) is 8.42 Å². The second-order valence-corrected chi connectivity index (χ2v) is 10.3. The smallest absolute Gasteiger partial charge is 0.227 e. The van der Waals surface area contributed by atoms with E-state index in [4.69, 9.17) is 9.47 Å². The van der Waals surface area contributed by atoms with Crippen molar-refractivity contribution in [2.45, 2.75) is 50.0 Å². The zero-order valence-electron chi connectivity index (χ0n) is 17.6. The minimum absolute atomic E-state index is 0.0551. The van der Waals surface area contributed by atoms with Crippen LogP contribution in [0.1, 0.15) is 31.4 Å². The van der Waals surface area contributed by atoms with Crippen molar-refractivity contribution in [2.24, 2.45) is 5.92 Å². The van der Waals surface area contributed by atoms with Gasteiger partial charge >= 0.3 is 0 Å². The van der Waals surface area contributed by atoms with E-state index in [0.29, 0.717) is 25.6 Å². The molecule has 1 saturated carbocycles. The van der Waals surface area contributed by atoms with Crippen molar-refractivity contribution in [1.82, 2.24) is 14.5 Å². The standard InChI is InChI=1S/C22H31N3O4S/c1-24(11-13-29-20-6-3-2-4-7-20)15-19-14-23-22(30(26,27)17-18-9-10-18)25(19)16-21-8-5-12-28-21/h2-4,6-7,14,18,21H,5,8-13,15-17H2,1H3/t21-/m0/s1. The second kappa shape index (κ2) is 9.49. The molecule has 0 N–H and O–H groups in total. The maximum absolute atomic E-state index is 12.9. The van der Waals surface area contributed by atoms with Gasteiger partial charge < -0.3 is 14.0 Å². The van der Waals surface area contributed by atoms with Crippen molar-refractivity contribution < 1.29 is 17.9 Å². The molecule has 1 atom stereocenters. The molecule has 1 saturated heterocycles. The van der Waals surface area contributed by atoms with Crippen molar-refractivity contribution in [2.75, 3.05) is 32.6 Å². The molecule has 0 amide bonds. The molecular formula is C22H31N3O4S. The molecule has 7 nitrogen and oxygen atoms in total. The number of hydrogen-bond donors (Lipinski definition) is 0. The SMILES string of the molecule is CN(CCOc1ccccc1)Cc1cnc(S(=O)(=O)CC2CC2)n1C[C@@H]1CCCO1. The molecule has 1 aliphatic heterocycles. The number of rotatable bonds is 11. The minimum Gasteiger partial charge on any atom is -0.492 e. The Bertz CT molecular complexity index is 919. The lowest BCUT2D eigenvalue weighted by Crippen LogP contribution is -2.27. The van der Waals surface area contributed by atoms with Gasteiger partial charge in [0.25, 0.3) is 0 Å². The van der Waals surface area contributed by atoms with Crippen LogP contribution in [0.4, 0.5) is 0 Å². The minimum atomic E-state index is -3.38. The predicted octanol–water partition coefficient (Wildman–Crippen LogP) is 2.76. The van der Waals surface area contributed by atoms with Crippen molar-refractivity contribution in [1.29, 1.82) is 0 Å². The van der Waals surface area contributed by atoms with E-state index in [-0.39, 0.29) is 17.0 Å². The van der Waals surface area contributed by atoms with Gasteiger partial charge in [-0.1, -0.05) is 18.2 Å². The number of ether oxygens (including phenoxy) is 2. The highest BCUT2D eigenvalue weighted by Crippen LogP contribution is 2.32. The molecule has 0 radical (unpaired) electrons. The summed E-state index contributed by atoms with van der Waals surface area (Å²) in [5.41, 5.74) is 0.905. The average molecular weight is 434 g/mol. The highest BCUT2D eigenvalue weighted by Gasteiger charge is 2.33. The summed E-state index contributed by atoms with van der Waals surface area (Å²) < 4.78 is 39.3. The number of aromatic nitrogens is 2. The Kier molecular flexibility index (Phi) is 6.75. The first kappa shape index (κ1) is 21.3. The quantitative estimate of drug-likeness (QED) is 0.543. The normalized spacial score (nSPS) is 19.5. The lowest BCUT2D eigenvalue weighted by Gasteiger charge is -2.20. The fraction of sp³-hybridized carbons (Fsp3) is 0.591. The van der Waals surface area contributed by atoms with E-state index in [1.807, 2.05) is 41.9 Å². The molecule has 2 fully saturated rings. The third-order valence-corrected chi connectivity index (χ3v) is 7.45. The van der Waals surface area contributed by atoms with Crippen LogP contribution in [0.2, 0.25) is 0 Å². The Morgan fingerprint density at radius 1 is 1.23 bits per heavy atom. The summed E-state index contributed by atoms with van der Waals surface area (Å²) in [6.07, 6.45) is 5.75. The van der Waals surface area contributed by atoms with Crippen molar-refractivity contribution in [3.63, 3.8) is 0 Å². The molecule has 164 valence electrons. The number of likely N-dealkylation sites (N-methyl/N-ethyl adjacent to an activating group) is 1. The summed E-state index contributed by atoms with van der Waals surface area (Å²) >= 11 is 0. The second-order valence-electron chi connectivity index (χ2n) is 8.40. The lowest BCUT2D eigenvalue weighted by molar-refractivity contribution is 0.0933. The van der Waals surface area contributed by atoms with Crippen LogP contribution in [0.3, 0.4) is 0 Å². The van der Waals surface area contributed by atoms with Gasteiger partial charge in [0, 0.05) is 19.7 Å². The van der Waals surface area contributed by atoms with E-state index >= 15 is 0 Å². The molecular weight excluding hydrogens is 402 g/mol. The van der Waals surface area contributed by atoms with Crippen molar-refractivity contribution in [3.05, 3.63) is 42.2 Å². The Morgan fingerprint density at radius 3 is 2.73 bits per heavy atom. The molecule has 4 rings (SSSR count). The van der Waals surface area contributed by atoms with Gasteiger partial charge in [-0.2, -0.15) is 0 Å². The lowest BCUT2D eigenvalue weighted by atomic mass is 10.2. The number of benzene rings is 1. The molecule has 2 heterocycles. The van der Waals surface area contributed by atoms with Crippen LogP contribution < -0.4 is 4.74 Å². The Balaban J connectivity index is 1.43. The molecule has 2 aromatic rings. The largest absolute Gasteiger partial charge is 0.492 e. The monoisotopic (exact) mass is 433 g/mol. The van der Waals surface area contributed by atoms with E-state index < -0.39 is 9.84 Å². The summed E-state index contributed by atoms with van der Waals surface area (Å²) in [4.78, 5) is 6.48. The summed E-state index contributed by atoms with van der Waals surface area (Å²) in [6.45, 7) is 3.19. The van der Waals surface area contributed by atoms with Crippen LogP contribution >= 0.6 is 0 Å². The van der Waals surface area contributed by atoms with Gasteiger partial charge in [-0.15, -0.1) is 0 Å². The fourth-order valence-corrected chi connectivity index (χ4v) is 5.66. The van der Waals surface area contributed by atoms with Crippen LogP contribution in [0.25, 0.3) is 0 Å². The van der Waals surface area contributed by atoms with Gasteiger partial charge in [0.05, 0.1) is 30.3 Å². The van der Waals surface area contributed by atoms with Gasteiger partial charge in [0.1, 0.15) is 12.4 Å². The van der Waals surface area contributed by atoms with Crippen LogP contribution in [0, 0.1) is 5.92 Å². The number of hydrogen-bond acceptors (Lipinski definition) is 6. The Morgan fingerprint density at radius 2 is 2.03 bits per heavy atom. The molecule has 0 spiro atoms. The van der Waals surface area contributed by atoms with Gasteiger partial charge in [-0.05, 0) is 50.8 Å². The van der Waals surface area contributed by atoms with Crippen LogP contribution in [-0.2, 0) is 27.7 Å². The van der Waals surface area contributed by atoms with Gasteiger partial charge in [-0.25, -0.2) is 13.4 Å². The third kappa shape index (κ3) is 5.62. The summed E-state index contributed by atoms with van der Waals surface area (Å²) in [5.74, 6) is 1.35. The van der Waals surface area contributed by atoms with Crippen LogP contribution in [-0.4, -0.2) is 61.5 Å². The van der Waals surface area contributed by atoms with Crippen LogP contribution in [0.5, 0.6) is 5.75 Å².